The van der Waals surface area contributed by atoms with Crippen LogP contribution in [0.25, 0.3) is 0 Å². The van der Waals surface area contributed by atoms with Crippen LogP contribution in [0.5, 0.6) is 0 Å². The third-order valence-electron chi connectivity index (χ3n) is 4.05. The van der Waals surface area contributed by atoms with Gasteiger partial charge in [-0.05, 0) is 36.8 Å². The van der Waals surface area contributed by atoms with Gasteiger partial charge in [-0.1, -0.05) is 12.1 Å². The SMILES string of the molecule is CONC(=O)c1cnc(Nc2cccc(F)n2)cc1Nc1ccc(C)cc1NS(C)(=O)=O. The maximum absolute atomic E-state index is 13.4. The van der Waals surface area contributed by atoms with Gasteiger partial charge in [0.2, 0.25) is 16.0 Å². The van der Waals surface area contributed by atoms with E-state index in [4.69, 9.17) is 4.84 Å². The van der Waals surface area contributed by atoms with Gasteiger partial charge in [-0.25, -0.2) is 23.9 Å². The van der Waals surface area contributed by atoms with Crippen LogP contribution in [0.15, 0.2) is 48.7 Å². The van der Waals surface area contributed by atoms with Crippen LogP contribution in [-0.4, -0.2) is 37.7 Å². The Kier molecular flexibility index (Phi) is 6.85. The topological polar surface area (TPSA) is 134 Å². The Balaban J connectivity index is 2.02. The lowest BCUT2D eigenvalue weighted by Gasteiger charge is -2.17. The van der Waals surface area contributed by atoms with Crippen molar-refractivity contribution in [1.82, 2.24) is 15.4 Å². The number of benzene rings is 1. The highest BCUT2D eigenvalue weighted by Crippen LogP contribution is 2.30. The molecule has 0 spiro atoms. The highest BCUT2D eigenvalue weighted by molar-refractivity contribution is 7.92. The van der Waals surface area contributed by atoms with Crippen molar-refractivity contribution in [3.05, 3.63) is 65.7 Å². The van der Waals surface area contributed by atoms with Crippen molar-refractivity contribution in [3.8, 4) is 0 Å². The van der Waals surface area contributed by atoms with Gasteiger partial charge in [0, 0.05) is 12.3 Å². The van der Waals surface area contributed by atoms with E-state index < -0.39 is 21.9 Å². The van der Waals surface area contributed by atoms with Crippen LogP contribution < -0.4 is 20.8 Å². The number of aromatic nitrogens is 2. The van der Waals surface area contributed by atoms with E-state index in [0.717, 1.165) is 11.8 Å². The van der Waals surface area contributed by atoms with Crippen molar-refractivity contribution >= 4 is 44.6 Å². The Labute approximate surface area is 184 Å². The number of rotatable bonds is 8. The minimum absolute atomic E-state index is 0.121. The number of carbonyl (C=O) groups is 1. The Bertz CT molecular complexity index is 1250. The van der Waals surface area contributed by atoms with Gasteiger partial charge >= 0.3 is 0 Å². The van der Waals surface area contributed by atoms with Crippen LogP contribution in [0.1, 0.15) is 15.9 Å². The summed E-state index contributed by atoms with van der Waals surface area (Å²) in [4.78, 5) is 25.0. The van der Waals surface area contributed by atoms with Gasteiger partial charge in [-0.15, -0.1) is 0 Å². The summed E-state index contributed by atoms with van der Waals surface area (Å²) < 4.78 is 39.4. The lowest BCUT2D eigenvalue weighted by Crippen LogP contribution is -2.23. The molecule has 0 fully saturated rings. The monoisotopic (exact) mass is 460 g/mol. The van der Waals surface area contributed by atoms with Crippen LogP contribution in [0.2, 0.25) is 0 Å². The molecule has 0 atom stereocenters. The average Bonchev–Trinajstić information content (AvgIpc) is 2.69. The van der Waals surface area contributed by atoms with Gasteiger partial charge in [0.1, 0.15) is 11.6 Å². The van der Waals surface area contributed by atoms with E-state index in [-0.39, 0.29) is 22.9 Å². The molecule has 1 amide bonds. The second kappa shape index (κ2) is 9.58. The molecule has 0 saturated heterocycles. The first-order valence-electron chi connectivity index (χ1n) is 9.23. The number of hydrogen-bond donors (Lipinski definition) is 4. The molecule has 3 aromatic rings. The molecule has 12 heteroatoms. The minimum Gasteiger partial charge on any atom is -0.353 e. The smallest absolute Gasteiger partial charge is 0.278 e. The predicted molar refractivity (Wildman–Crippen MR) is 119 cm³/mol. The number of nitrogens with zero attached hydrogens (tertiary/aromatic N) is 2. The molecule has 168 valence electrons. The molecule has 0 aliphatic carbocycles. The summed E-state index contributed by atoms with van der Waals surface area (Å²) in [6.45, 7) is 1.81. The van der Waals surface area contributed by atoms with Crippen LogP contribution in [0, 0.1) is 12.9 Å². The fourth-order valence-electron chi connectivity index (χ4n) is 2.76. The second-order valence-corrected chi connectivity index (χ2v) is 8.52. The molecule has 32 heavy (non-hydrogen) atoms. The Morgan fingerprint density at radius 2 is 1.81 bits per heavy atom. The highest BCUT2D eigenvalue weighted by Gasteiger charge is 2.16. The average molecular weight is 460 g/mol. The molecule has 2 heterocycles. The number of hydroxylamine groups is 1. The molecule has 1 aromatic carbocycles. The number of carbonyl (C=O) groups excluding carboxylic acids is 1. The summed E-state index contributed by atoms with van der Waals surface area (Å²) >= 11 is 0. The van der Waals surface area contributed by atoms with Gasteiger partial charge in [-0.3, -0.25) is 14.4 Å². The first-order chi connectivity index (χ1) is 15.1. The zero-order chi connectivity index (χ0) is 23.3. The minimum atomic E-state index is -3.55. The van der Waals surface area contributed by atoms with E-state index in [0.29, 0.717) is 11.4 Å². The fraction of sp³-hybridized carbons (Fsp3) is 0.150. The molecule has 0 bridgehead atoms. The van der Waals surface area contributed by atoms with Crippen molar-refractivity contribution in [2.24, 2.45) is 0 Å². The van der Waals surface area contributed by atoms with E-state index in [1.54, 1.807) is 24.3 Å². The van der Waals surface area contributed by atoms with Crippen molar-refractivity contribution in [2.75, 3.05) is 28.7 Å². The van der Waals surface area contributed by atoms with E-state index in [1.165, 1.54) is 31.5 Å². The van der Waals surface area contributed by atoms with Gasteiger partial charge in [0.25, 0.3) is 5.91 Å². The van der Waals surface area contributed by atoms with Crippen molar-refractivity contribution in [2.45, 2.75) is 6.92 Å². The van der Waals surface area contributed by atoms with Crippen molar-refractivity contribution < 1.29 is 22.4 Å². The zero-order valence-electron chi connectivity index (χ0n) is 17.4. The van der Waals surface area contributed by atoms with Gasteiger partial charge in [0.05, 0.1) is 36.0 Å². The number of pyridine rings is 2. The molecule has 0 unspecified atom stereocenters. The van der Waals surface area contributed by atoms with Crippen LogP contribution in [0.3, 0.4) is 0 Å². The van der Waals surface area contributed by atoms with E-state index in [9.17, 15) is 17.6 Å². The molecular weight excluding hydrogens is 439 g/mol. The Morgan fingerprint density at radius 3 is 2.50 bits per heavy atom. The highest BCUT2D eigenvalue weighted by atomic mass is 32.2. The first kappa shape index (κ1) is 22.9. The number of hydrogen-bond acceptors (Lipinski definition) is 8. The summed E-state index contributed by atoms with van der Waals surface area (Å²) in [5.74, 6) is -0.764. The standard InChI is InChI=1S/C20H21FN6O4S/c1-12-7-8-14(16(9-12)27-32(3,29)30)23-15-10-19(22-11-13(15)20(28)26-31-2)25-18-6-4-5-17(21)24-18/h4-11,27H,1-3H3,(H,26,28)(H2,22,23,24,25). The zero-order valence-corrected chi connectivity index (χ0v) is 18.2. The van der Waals surface area contributed by atoms with Gasteiger partial charge in [0.15, 0.2) is 0 Å². The number of amides is 1. The van der Waals surface area contributed by atoms with Crippen molar-refractivity contribution in [1.29, 1.82) is 0 Å². The van der Waals surface area contributed by atoms with Crippen LogP contribution in [0.4, 0.5) is 33.1 Å². The third-order valence-corrected chi connectivity index (χ3v) is 4.65. The Hall–Kier alpha value is -3.77. The number of anilines is 5. The molecule has 3 rings (SSSR count). The van der Waals surface area contributed by atoms with E-state index in [2.05, 4.69) is 30.8 Å². The molecule has 2 aromatic heterocycles. The number of nitrogens with one attached hydrogen (secondary N) is 4. The summed E-state index contributed by atoms with van der Waals surface area (Å²) in [6, 6.07) is 10.8. The molecule has 0 radical (unpaired) electrons. The predicted octanol–water partition coefficient (Wildman–Crippen LogP) is 3.07. The lowest BCUT2D eigenvalue weighted by molar-refractivity contribution is 0.0538. The number of halogens is 1. The molecule has 0 aliphatic heterocycles. The van der Waals surface area contributed by atoms with Crippen LogP contribution >= 0.6 is 0 Å². The molecule has 0 saturated carbocycles. The van der Waals surface area contributed by atoms with E-state index in [1.807, 2.05) is 6.92 Å². The largest absolute Gasteiger partial charge is 0.353 e. The molecule has 4 N–H and O–H groups in total. The summed E-state index contributed by atoms with van der Waals surface area (Å²) in [5, 5.41) is 5.90. The maximum Gasteiger partial charge on any atom is 0.278 e. The van der Waals surface area contributed by atoms with E-state index >= 15 is 0 Å². The third kappa shape index (κ3) is 6.12. The molecule has 0 aliphatic rings. The fourth-order valence-corrected chi connectivity index (χ4v) is 3.33. The summed E-state index contributed by atoms with van der Waals surface area (Å²) in [6.07, 6.45) is 2.33. The molecule has 10 nitrogen and oxygen atoms in total. The van der Waals surface area contributed by atoms with Gasteiger partial charge in [-0.2, -0.15) is 4.39 Å². The number of sulfonamides is 1. The molecular formula is C20H21FN6O4S. The summed E-state index contributed by atoms with van der Waals surface area (Å²) in [5.41, 5.74) is 4.14. The lowest BCUT2D eigenvalue weighted by atomic mass is 10.1. The summed E-state index contributed by atoms with van der Waals surface area (Å²) in [7, 11) is -2.26. The Morgan fingerprint density at radius 1 is 1.03 bits per heavy atom. The quantitative estimate of drug-likeness (QED) is 0.298. The van der Waals surface area contributed by atoms with Crippen molar-refractivity contribution in [3.63, 3.8) is 0 Å². The first-order valence-corrected chi connectivity index (χ1v) is 11.1. The van der Waals surface area contributed by atoms with Gasteiger partial charge < -0.3 is 10.6 Å². The normalized spacial score (nSPS) is 11.0. The number of aryl methyl sites for hydroxylation is 1. The maximum atomic E-state index is 13.4. The second-order valence-electron chi connectivity index (χ2n) is 6.77. The van der Waals surface area contributed by atoms with Crippen LogP contribution in [-0.2, 0) is 14.9 Å².